The van der Waals surface area contributed by atoms with Crippen LogP contribution in [0, 0.1) is 0 Å². The molecular formula is C21H28N4O3. The standard InChI is InChI=1S/C21H28N4O3/c1-5-23(21(27)22(2)3)15-19(26)25-14-13-24-12-8-10-17(24)20(25)16-9-6-7-11-18(16)28-4/h6-12,20H,5,13-15H2,1-4H3. The first-order chi connectivity index (χ1) is 13.5. The lowest BCUT2D eigenvalue weighted by molar-refractivity contribution is -0.134. The fourth-order valence-corrected chi connectivity index (χ4v) is 3.72. The van der Waals surface area contributed by atoms with Crippen molar-refractivity contribution in [3.63, 3.8) is 0 Å². The smallest absolute Gasteiger partial charge is 0.319 e. The summed E-state index contributed by atoms with van der Waals surface area (Å²) in [5, 5.41) is 0. The maximum atomic E-state index is 13.3. The van der Waals surface area contributed by atoms with E-state index in [4.69, 9.17) is 4.74 Å². The topological polar surface area (TPSA) is 58.0 Å². The Morgan fingerprint density at radius 1 is 1.14 bits per heavy atom. The molecule has 1 aromatic carbocycles. The number of hydrogen-bond acceptors (Lipinski definition) is 3. The van der Waals surface area contributed by atoms with E-state index in [9.17, 15) is 9.59 Å². The van der Waals surface area contributed by atoms with Crippen molar-refractivity contribution in [3.05, 3.63) is 53.9 Å². The van der Waals surface area contributed by atoms with E-state index in [2.05, 4.69) is 4.57 Å². The highest BCUT2D eigenvalue weighted by atomic mass is 16.5. The Labute approximate surface area is 166 Å². The number of ether oxygens (including phenoxy) is 1. The molecule has 7 heteroatoms. The summed E-state index contributed by atoms with van der Waals surface area (Å²) in [6, 6.07) is 11.4. The van der Waals surface area contributed by atoms with Gasteiger partial charge in [-0.1, -0.05) is 18.2 Å². The van der Waals surface area contributed by atoms with Gasteiger partial charge >= 0.3 is 6.03 Å². The zero-order valence-electron chi connectivity index (χ0n) is 17.0. The third kappa shape index (κ3) is 3.69. The van der Waals surface area contributed by atoms with Crippen LogP contribution in [0.5, 0.6) is 5.75 Å². The van der Waals surface area contributed by atoms with Crippen molar-refractivity contribution in [2.45, 2.75) is 19.5 Å². The summed E-state index contributed by atoms with van der Waals surface area (Å²) >= 11 is 0. The quantitative estimate of drug-likeness (QED) is 0.796. The van der Waals surface area contributed by atoms with Crippen molar-refractivity contribution in [2.75, 3.05) is 40.8 Å². The summed E-state index contributed by atoms with van der Waals surface area (Å²) in [7, 11) is 5.03. The first-order valence-corrected chi connectivity index (χ1v) is 9.51. The minimum atomic E-state index is -0.249. The molecule has 0 radical (unpaired) electrons. The number of aromatic nitrogens is 1. The molecular weight excluding hydrogens is 356 g/mol. The number of urea groups is 1. The largest absolute Gasteiger partial charge is 0.496 e. The Balaban J connectivity index is 1.95. The number of methoxy groups -OCH3 is 1. The minimum Gasteiger partial charge on any atom is -0.496 e. The van der Waals surface area contributed by atoms with Crippen LogP contribution in [0.15, 0.2) is 42.6 Å². The minimum absolute atomic E-state index is 0.0554. The van der Waals surface area contributed by atoms with E-state index in [-0.39, 0.29) is 24.5 Å². The van der Waals surface area contributed by atoms with Gasteiger partial charge in [-0.25, -0.2) is 4.79 Å². The number of fused-ring (bicyclic) bond motifs is 1. The predicted octanol–water partition coefficient (Wildman–Crippen LogP) is 2.43. The molecule has 1 aromatic heterocycles. The highest BCUT2D eigenvalue weighted by molar-refractivity contribution is 5.84. The van der Waals surface area contributed by atoms with E-state index in [0.29, 0.717) is 13.1 Å². The van der Waals surface area contributed by atoms with Crippen LogP contribution in [-0.2, 0) is 11.3 Å². The molecule has 7 nitrogen and oxygen atoms in total. The second kappa shape index (κ2) is 8.37. The van der Waals surface area contributed by atoms with Crippen LogP contribution in [-0.4, -0.2) is 72.0 Å². The number of likely N-dealkylation sites (N-methyl/N-ethyl adjacent to an activating group) is 1. The van der Waals surface area contributed by atoms with Crippen molar-refractivity contribution in [2.24, 2.45) is 0 Å². The molecule has 3 amide bonds. The molecule has 1 aliphatic rings. The molecule has 28 heavy (non-hydrogen) atoms. The molecule has 2 aromatic rings. The van der Waals surface area contributed by atoms with Gasteiger partial charge in [0.1, 0.15) is 18.3 Å². The normalized spacial score (nSPS) is 15.7. The number of carbonyl (C=O) groups is 2. The van der Waals surface area contributed by atoms with Gasteiger partial charge in [0.2, 0.25) is 5.91 Å². The zero-order chi connectivity index (χ0) is 20.3. The Hall–Kier alpha value is -2.96. The van der Waals surface area contributed by atoms with Gasteiger partial charge < -0.3 is 24.0 Å². The van der Waals surface area contributed by atoms with Gasteiger partial charge in [-0.3, -0.25) is 4.79 Å². The van der Waals surface area contributed by atoms with E-state index in [1.54, 1.807) is 26.1 Å². The van der Waals surface area contributed by atoms with E-state index < -0.39 is 0 Å². The number of rotatable bonds is 5. The van der Waals surface area contributed by atoms with Gasteiger partial charge in [0.05, 0.1) is 7.11 Å². The molecule has 0 N–H and O–H groups in total. The van der Waals surface area contributed by atoms with Crippen LogP contribution in [0.25, 0.3) is 0 Å². The number of nitrogens with zero attached hydrogens (tertiary/aromatic N) is 4. The Morgan fingerprint density at radius 2 is 1.89 bits per heavy atom. The molecule has 1 unspecified atom stereocenters. The van der Waals surface area contributed by atoms with Crippen molar-refractivity contribution in [3.8, 4) is 5.75 Å². The molecule has 0 bridgehead atoms. The summed E-state index contributed by atoms with van der Waals surface area (Å²) in [6.45, 7) is 3.73. The molecule has 1 atom stereocenters. The average molecular weight is 384 g/mol. The highest BCUT2D eigenvalue weighted by Gasteiger charge is 2.34. The molecule has 0 saturated heterocycles. The number of amides is 3. The highest BCUT2D eigenvalue weighted by Crippen LogP contribution is 2.37. The Kier molecular flexibility index (Phi) is 5.92. The fraction of sp³-hybridized carbons (Fsp3) is 0.429. The van der Waals surface area contributed by atoms with Crippen molar-refractivity contribution in [1.29, 1.82) is 0 Å². The third-order valence-electron chi connectivity index (χ3n) is 5.15. The fourth-order valence-electron chi connectivity index (χ4n) is 3.72. The monoisotopic (exact) mass is 384 g/mol. The number of hydrogen-bond donors (Lipinski definition) is 0. The van der Waals surface area contributed by atoms with Crippen LogP contribution < -0.4 is 4.74 Å². The van der Waals surface area contributed by atoms with Crippen molar-refractivity contribution in [1.82, 2.24) is 19.3 Å². The summed E-state index contributed by atoms with van der Waals surface area (Å²) in [5.74, 6) is 0.678. The van der Waals surface area contributed by atoms with Crippen molar-refractivity contribution >= 4 is 11.9 Å². The van der Waals surface area contributed by atoms with E-state index in [1.807, 2.05) is 54.4 Å². The number of benzene rings is 1. The first-order valence-electron chi connectivity index (χ1n) is 9.51. The SMILES string of the molecule is CCN(CC(=O)N1CCn2cccc2C1c1ccccc1OC)C(=O)N(C)C. The molecule has 3 rings (SSSR count). The van der Waals surface area contributed by atoms with Gasteiger partial charge in [-0.05, 0) is 25.1 Å². The molecule has 0 spiro atoms. The second-order valence-corrected chi connectivity index (χ2v) is 7.05. The molecule has 0 aliphatic carbocycles. The van der Waals surface area contributed by atoms with E-state index in [0.717, 1.165) is 23.6 Å². The van der Waals surface area contributed by atoms with E-state index in [1.165, 1.54) is 4.90 Å². The van der Waals surface area contributed by atoms with Gasteiger partial charge in [0, 0.05) is 51.2 Å². The lowest BCUT2D eigenvalue weighted by atomic mass is 9.98. The number of carbonyl (C=O) groups excluding carboxylic acids is 2. The summed E-state index contributed by atoms with van der Waals surface area (Å²) in [6.07, 6.45) is 2.04. The Morgan fingerprint density at radius 3 is 2.57 bits per heavy atom. The summed E-state index contributed by atoms with van der Waals surface area (Å²) < 4.78 is 7.74. The van der Waals surface area contributed by atoms with Crippen LogP contribution in [0.4, 0.5) is 4.79 Å². The molecule has 0 saturated carbocycles. The third-order valence-corrected chi connectivity index (χ3v) is 5.15. The average Bonchev–Trinajstić information content (AvgIpc) is 3.19. The molecule has 150 valence electrons. The van der Waals surface area contributed by atoms with Crippen LogP contribution >= 0.6 is 0 Å². The van der Waals surface area contributed by atoms with E-state index >= 15 is 0 Å². The maximum absolute atomic E-state index is 13.3. The van der Waals surface area contributed by atoms with Crippen LogP contribution in [0.1, 0.15) is 24.2 Å². The van der Waals surface area contributed by atoms with Crippen LogP contribution in [0.3, 0.4) is 0 Å². The van der Waals surface area contributed by atoms with Gasteiger partial charge in [-0.15, -0.1) is 0 Å². The molecule has 1 aliphatic heterocycles. The second-order valence-electron chi connectivity index (χ2n) is 7.05. The summed E-state index contributed by atoms with van der Waals surface area (Å²) in [4.78, 5) is 30.6. The lowest BCUT2D eigenvalue weighted by Gasteiger charge is -2.39. The molecule has 2 heterocycles. The maximum Gasteiger partial charge on any atom is 0.319 e. The van der Waals surface area contributed by atoms with Gasteiger partial charge in [0.25, 0.3) is 0 Å². The lowest BCUT2D eigenvalue weighted by Crippen LogP contribution is -2.49. The Bertz CT molecular complexity index is 846. The summed E-state index contributed by atoms with van der Waals surface area (Å²) in [5.41, 5.74) is 1.99. The zero-order valence-corrected chi connectivity index (χ0v) is 17.0. The van der Waals surface area contributed by atoms with Gasteiger partial charge in [-0.2, -0.15) is 0 Å². The van der Waals surface area contributed by atoms with Crippen LogP contribution in [0.2, 0.25) is 0 Å². The predicted molar refractivity (Wildman–Crippen MR) is 107 cm³/mol. The van der Waals surface area contributed by atoms with Crippen molar-refractivity contribution < 1.29 is 14.3 Å². The van der Waals surface area contributed by atoms with Gasteiger partial charge in [0.15, 0.2) is 0 Å². The first kappa shape index (κ1) is 19.8. The number of para-hydroxylation sites is 1. The molecule has 0 fully saturated rings.